The molecule has 126 valence electrons. The van der Waals surface area contributed by atoms with Gasteiger partial charge in [-0.25, -0.2) is 4.68 Å². The molecule has 0 spiro atoms. The lowest BCUT2D eigenvalue weighted by atomic mass is 10.1. The molecule has 0 saturated carbocycles. The maximum Gasteiger partial charge on any atom is 0.267 e. The molecular weight excluding hydrogens is 374 g/mol. The highest BCUT2D eigenvalue weighted by Crippen LogP contribution is 2.18. The number of aromatic nitrogens is 2. The molecule has 1 fully saturated rings. The molecule has 1 saturated heterocycles. The second-order valence-corrected chi connectivity index (χ2v) is 6.58. The summed E-state index contributed by atoms with van der Waals surface area (Å²) in [5, 5.41) is 7.09. The number of hydrogen-bond acceptors (Lipinski definition) is 4. The number of nitrogens with zero attached hydrogens (tertiary/aromatic N) is 2. The fourth-order valence-electron chi connectivity index (χ4n) is 2.56. The first-order chi connectivity index (χ1) is 11.6. The number of carbonyl (C=O) groups excluding carboxylic acids is 1. The molecule has 1 N–H and O–H groups in total. The first kappa shape index (κ1) is 16.9. The number of ether oxygens (including phenoxy) is 1. The van der Waals surface area contributed by atoms with Crippen molar-refractivity contribution >= 4 is 21.8 Å². The third-order valence-electron chi connectivity index (χ3n) is 3.85. The molecule has 1 amide bonds. The number of hydrogen-bond donors (Lipinski definition) is 1. The third kappa shape index (κ3) is 4.30. The average Bonchev–Trinajstić information content (AvgIpc) is 3.09. The fourth-order valence-corrected chi connectivity index (χ4v) is 2.83. The van der Waals surface area contributed by atoms with Gasteiger partial charge in [0.25, 0.3) is 5.56 Å². The van der Waals surface area contributed by atoms with Crippen molar-refractivity contribution in [2.45, 2.75) is 25.5 Å². The van der Waals surface area contributed by atoms with Gasteiger partial charge in [0.15, 0.2) is 0 Å². The highest BCUT2D eigenvalue weighted by molar-refractivity contribution is 9.10. The molecular formula is C17H18BrN3O3. The predicted octanol–water partition coefficient (Wildman–Crippen LogP) is 1.97. The van der Waals surface area contributed by atoms with Crippen molar-refractivity contribution in [3.63, 3.8) is 0 Å². The van der Waals surface area contributed by atoms with Crippen LogP contribution in [-0.4, -0.2) is 34.9 Å². The standard InChI is InChI=1S/C17H18BrN3O3/c18-13-5-3-12(4-6-13)15-7-8-17(23)21(20-15)11-16(22)19-10-14-2-1-9-24-14/h3-8,14H,1-2,9-11H2,(H,19,22)/t14-/m0/s1. The molecule has 0 bridgehead atoms. The van der Waals surface area contributed by atoms with Gasteiger partial charge in [0.1, 0.15) is 6.54 Å². The molecule has 2 heterocycles. The van der Waals surface area contributed by atoms with Crippen LogP contribution in [0.5, 0.6) is 0 Å². The molecule has 0 unspecified atom stereocenters. The topological polar surface area (TPSA) is 73.2 Å². The Balaban J connectivity index is 1.68. The highest BCUT2D eigenvalue weighted by Gasteiger charge is 2.16. The Hall–Kier alpha value is -1.99. The van der Waals surface area contributed by atoms with Gasteiger partial charge in [-0.3, -0.25) is 9.59 Å². The van der Waals surface area contributed by atoms with E-state index in [9.17, 15) is 9.59 Å². The number of nitrogens with one attached hydrogen (secondary N) is 1. The Morgan fingerprint density at radius 3 is 2.79 bits per heavy atom. The highest BCUT2D eigenvalue weighted by atomic mass is 79.9. The molecule has 24 heavy (non-hydrogen) atoms. The summed E-state index contributed by atoms with van der Waals surface area (Å²) in [6.07, 6.45) is 2.06. The van der Waals surface area contributed by atoms with Crippen LogP contribution in [-0.2, 0) is 16.1 Å². The molecule has 6 nitrogen and oxygen atoms in total. The molecule has 1 aromatic carbocycles. The van der Waals surface area contributed by atoms with Crippen molar-refractivity contribution < 1.29 is 9.53 Å². The fraction of sp³-hybridized carbons (Fsp3) is 0.353. The Morgan fingerprint density at radius 1 is 1.29 bits per heavy atom. The number of carbonyl (C=O) groups is 1. The van der Waals surface area contributed by atoms with Crippen molar-refractivity contribution in [2.24, 2.45) is 0 Å². The third-order valence-corrected chi connectivity index (χ3v) is 4.38. The van der Waals surface area contributed by atoms with Crippen LogP contribution in [0.3, 0.4) is 0 Å². The van der Waals surface area contributed by atoms with E-state index in [-0.39, 0.29) is 24.1 Å². The number of amides is 1. The molecule has 1 atom stereocenters. The van der Waals surface area contributed by atoms with Crippen LogP contribution in [0.25, 0.3) is 11.3 Å². The van der Waals surface area contributed by atoms with E-state index in [4.69, 9.17) is 4.74 Å². The summed E-state index contributed by atoms with van der Waals surface area (Å²) >= 11 is 3.38. The smallest absolute Gasteiger partial charge is 0.267 e. The van der Waals surface area contributed by atoms with Gasteiger partial charge in [0, 0.05) is 29.3 Å². The van der Waals surface area contributed by atoms with Crippen LogP contribution < -0.4 is 10.9 Å². The summed E-state index contributed by atoms with van der Waals surface area (Å²) in [5.41, 5.74) is 1.23. The summed E-state index contributed by atoms with van der Waals surface area (Å²) in [6, 6.07) is 10.7. The Kier molecular flexibility index (Phi) is 5.42. The van der Waals surface area contributed by atoms with E-state index in [1.807, 2.05) is 24.3 Å². The van der Waals surface area contributed by atoms with E-state index in [2.05, 4.69) is 26.3 Å². The largest absolute Gasteiger partial charge is 0.376 e. The van der Waals surface area contributed by atoms with E-state index < -0.39 is 0 Å². The molecule has 2 aromatic rings. The molecule has 1 aromatic heterocycles. The van der Waals surface area contributed by atoms with E-state index in [0.29, 0.717) is 12.2 Å². The van der Waals surface area contributed by atoms with Crippen molar-refractivity contribution in [1.82, 2.24) is 15.1 Å². The first-order valence-electron chi connectivity index (χ1n) is 7.84. The average molecular weight is 392 g/mol. The minimum atomic E-state index is -0.303. The number of rotatable bonds is 5. The van der Waals surface area contributed by atoms with Crippen LogP contribution in [0, 0.1) is 0 Å². The molecule has 1 aliphatic rings. The van der Waals surface area contributed by atoms with Crippen molar-refractivity contribution in [3.05, 3.63) is 51.2 Å². The van der Waals surface area contributed by atoms with Gasteiger partial charge in [-0.1, -0.05) is 28.1 Å². The lowest BCUT2D eigenvalue weighted by molar-refractivity contribution is -0.122. The van der Waals surface area contributed by atoms with Crippen LogP contribution in [0.1, 0.15) is 12.8 Å². The van der Waals surface area contributed by atoms with Crippen molar-refractivity contribution in [1.29, 1.82) is 0 Å². The summed E-state index contributed by atoms with van der Waals surface area (Å²) in [5.74, 6) is -0.243. The van der Waals surface area contributed by atoms with Gasteiger partial charge in [0.05, 0.1) is 11.8 Å². The Morgan fingerprint density at radius 2 is 2.08 bits per heavy atom. The monoisotopic (exact) mass is 391 g/mol. The van der Waals surface area contributed by atoms with Gasteiger partial charge >= 0.3 is 0 Å². The molecule has 1 aliphatic heterocycles. The number of benzene rings is 1. The summed E-state index contributed by atoms with van der Waals surface area (Å²) in [4.78, 5) is 24.0. The van der Waals surface area contributed by atoms with Gasteiger partial charge in [-0.05, 0) is 31.0 Å². The van der Waals surface area contributed by atoms with E-state index in [1.165, 1.54) is 10.7 Å². The quantitative estimate of drug-likeness (QED) is 0.845. The zero-order chi connectivity index (χ0) is 16.9. The second-order valence-electron chi connectivity index (χ2n) is 5.66. The predicted molar refractivity (Wildman–Crippen MR) is 93.6 cm³/mol. The SMILES string of the molecule is O=C(Cn1nc(-c2ccc(Br)cc2)ccc1=O)NC[C@@H]1CCCO1. The zero-order valence-corrected chi connectivity index (χ0v) is 14.7. The van der Waals surface area contributed by atoms with Crippen LogP contribution in [0.4, 0.5) is 0 Å². The minimum absolute atomic E-state index is 0.0766. The summed E-state index contributed by atoms with van der Waals surface area (Å²) < 4.78 is 7.61. The minimum Gasteiger partial charge on any atom is -0.376 e. The second kappa shape index (κ2) is 7.72. The van der Waals surface area contributed by atoms with Crippen LogP contribution >= 0.6 is 15.9 Å². The molecule has 0 radical (unpaired) electrons. The van der Waals surface area contributed by atoms with Crippen LogP contribution in [0.2, 0.25) is 0 Å². The summed E-state index contributed by atoms with van der Waals surface area (Å²) in [7, 11) is 0. The van der Waals surface area contributed by atoms with Gasteiger partial charge in [0.2, 0.25) is 5.91 Å². The Labute approximate surface area is 148 Å². The molecule has 7 heteroatoms. The van der Waals surface area contributed by atoms with Gasteiger partial charge < -0.3 is 10.1 Å². The summed E-state index contributed by atoms with van der Waals surface area (Å²) in [6.45, 7) is 1.12. The normalized spacial score (nSPS) is 17.0. The lowest BCUT2D eigenvalue weighted by Crippen LogP contribution is -2.37. The van der Waals surface area contributed by atoms with E-state index >= 15 is 0 Å². The van der Waals surface area contributed by atoms with E-state index in [0.717, 1.165) is 29.5 Å². The molecule has 0 aliphatic carbocycles. The maximum absolute atomic E-state index is 12.0. The van der Waals surface area contributed by atoms with E-state index in [1.54, 1.807) is 6.07 Å². The first-order valence-corrected chi connectivity index (χ1v) is 8.63. The van der Waals surface area contributed by atoms with Crippen LogP contribution in [0.15, 0.2) is 45.7 Å². The van der Waals surface area contributed by atoms with Crippen molar-refractivity contribution in [3.8, 4) is 11.3 Å². The Bertz CT molecular complexity index is 767. The van der Waals surface area contributed by atoms with Gasteiger partial charge in [-0.15, -0.1) is 0 Å². The maximum atomic E-state index is 12.0. The molecule has 3 rings (SSSR count). The lowest BCUT2D eigenvalue weighted by Gasteiger charge is -2.11. The zero-order valence-electron chi connectivity index (χ0n) is 13.1. The van der Waals surface area contributed by atoms with Gasteiger partial charge in [-0.2, -0.15) is 5.10 Å². The van der Waals surface area contributed by atoms with Crippen molar-refractivity contribution in [2.75, 3.05) is 13.2 Å². The number of halogens is 1.